The van der Waals surface area contributed by atoms with Crippen LogP contribution in [0.1, 0.15) is 45.8 Å². The van der Waals surface area contributed by atoms with Crippen LogP contribution in [-0.2, 0) is 4.79 Å². The number of carbonyl (C=O) groups is 1. The minimum absolute atomic E-state index is 0.0139. The quantitative estimate of drug-likeness (QED) is 0.189. The minimum atomic E-state index is -0.439. The number of para-hydroxylation sites is 1. The molecule has 2 aliphatic carbocycles. The van der Waals surface area contributed by atoms with Gasteiger partial charge in [-0.3, -0.25) is 19.8 Å². The fourth-order valence-electron chi connectivity index (χ4n) is 5.99. The highest BCUT2D eigenvalue weighted by Gasteiger charge is 2.60. The van der Waals surface area contributed by atoms with E-state index in [1.807, 2.05) is 30.3 Å². The predicted molar refractivity (Wildman–Crippen MR) is 154 cm³/mol. The first kappa shape index (κ1) is 25.3. The first-order chi connectivity index (χ1) is 18.7. The molecule has 9 heteroatoms. The van der Waals surface area contributed by atoms with E-state index in [1.54, 1.807) is 35.2 Å². The van der Waals surface area contributed by atoms with Gasteiger partial charge in [-0.25, -0.2) is 0 Å². The van der Waals surface area contributed by atoms with Gasteiger partial charge in [0, 0.05) is 34.9 Å². The highest BCUT2D eigenvalue weighted by Crippen LogP contribution is 2.64. The van der Waals surface area contributed by atoms with Crippen LogP contribution in [-0.4, -0.2) is 21.7 Å². The second-order valence-electron chi connectivity index (χ2n) is 11.0. The summed E-state index contributed by atoms with van der Waals surface area (Å²) < 4.78 is 5.97. The standard InChI is InChI=1S/C30H28N4O4S/c1-29(2)20-15-16-30(29,3)26(17-20)31-32-28-33(21-7-5-4-6-8-21)27(35)25(39-28)18-23-13-14-24(38-23)19-9-11-22(12-10-19)34(36)37/h4-14,18,20H,15-17H2,1-3H3. The molecule has 2 aromatic carbocycles. The molecule has 2 unspecified atom stereocenters. The van der Waals surface area contributed by atoms with Gasteiger partial charge in [-0.2, -0.15) is 5.10 Å². The molecule has 0 N–H and O–H groups in total. The molecule has 2 atom stereocenters. The number of furan rings is 1. The summed E-state index contributed by atoms with van der Waals surface area (Å²) in [7, 11) is 0. The van der Waals surface area contributed by atoms with Gasteiger partial charge in [0.15, 0.2) is 0 Å². The van der Waals surface area contributed by atoms with Gasteiger partial charge in [0.05, 0.1) is 15.5 Å². The molecule has 1 amide bonds. The Morgan fingerprint density at radius 1 is 1.05 bits per heavy atom. The molecule has 198 valence electrons. The molecular weight excluding hydrogens is 512 g/mol. The second kappa shape index (κ2) is 9.34. The highest BCUT2D eigenvalue weighted by molar-refractivity contribution is 8.19. The lowest BCUT2D eigenvalue weighted by atomic mass is 9.70. The van der Waals surface area contributed by atoms with Crippen molar-refractivity contribution < 1.29 is 14.1 Å². The van der Waals surface area contributed by atoms with Gasteiger partial charge in [0.2, 0.25) is 5.17 Å². The number of thioether (sulfide) groups is 1. The van der Waals surface area contributed by atoms with Crippen molar-refractivity contribution in [2.75, 3.05) is 4.90 Å². The summed E-state index contributed by atoms with van der Waals surface area (Å²) in [6.07, 6.45) is 4.99. The number of hydrogen-bond donors (Lipinski definition) is 0. The Morgan fingerprint density at radius 3 is 2.44 bits per heavy atom. The van der Waals surface area contributed by atoms with Crippen LogP contribution < -0.4 is 4.90 Å². The van der Waals surface area contributed by atoms with Gasteiger partial charge in [0.25, 0.3) is 11.6 Å². The van der Waals surface area contributed by atoms with E-state index in [0.29, 0.717) is 33.1 Å². The first-order valence-corrected chi connectivity index (χ1v) is 13.8. The predicted octanol–water partition coefficient (Wildman–Crippen LogP) is 7.53. The van der Waals surface area contributed by atoms with Crippen LogP contribution in [0.3, 0.4) is 0 Å². The van der Waals surface area contributed by atoms with Crippen molar-refractivity contribution in [3.63, 3.8) is 0 Å². The van der Waals surface area contributed by atoms with E-state index in [4.69, 9.17) is 9.52 Å². The lowest BCUT2D eigenvalue weighted by molar-refractivity contribution is -0.384. The van der Waals surface area contributed by atoms with Gasteiger partial charge in [-0.1, -0.05) is 39.0 Å². The zero-order valence-electron chi connectivity index (χ0n) is 22.0. The van der Waals surface area contributed by atoms with E-state index in [2.05, 4.69) is 25.9 Å². The number of non-ortho nitro benzene ring substituents is 1. The lowest BCUT2D eigenvalue weighted by Crippen LogP contribution is -2.32. The molecule has 1 aliphatic heterocycles. The molecule has 3 aromatic rings. The van der Waals surface area contributed by atoms with Gasteiger partial charge < -0.3 is 4.42 Å². The fourth-order valence-corrected chi connectivity index (χ4v) is 6.90. The van der Waals surface area contributed by atoms with Gasteiger partial charge in [0.1, 0.15) is 11.5 Å². The van der Waals surface area contributed by atoms with Crippen LogP contribution in [0.15, 0.2) is 86.3 Å². The number of fused-ring (bicyclic) bond motifs is 2. The fraction of sp³-hybridized carbons (Fsp3) is 0.300. The summed E-state index contributed by atoms with van der Waals surface area (Å²) in [5, 5.41) is 20.9. The molecule has 1 saturated heterocycles. The summed E-state index contributed by atoms with van der Waals surface area (Å²) in [5.41, 5.74) is 2.78. The number of carbonyl (C=O) groups excluding carboxylic acids is 1. The Hall–Kier alpha value is -3.98. The third-order valence-electron chi connectivity index (χ3n) is 8.85. The van der Waals surface area contributed by atoms with E-state index in [0.717, 1.165) is 24.2 Å². The summed E-state index contributed by atoms with van der Waals surface area (Å²) in [6.45, 7) is 6.96. The maximum absolute atomic E-state index is 13.6. The van der Waals surface area contributed by atoms with Crippen LogP contribution in [0.5, 0.6) is 0 Å². The average Bonchev–Trinajstić information content (AvgIpc) is 3.62. The number of nitro benzene ring substituents is 1. The largest absolute Gasteiger partial charge is 0.457 e. The van der Waals surface area contributed by atoms with Crippen molar-refractivity contribution in [2.45, 2.75) is 40.0 Å². The van der Waals surface area contributed by atoms with E-state index in [1.165, 1.54) is 30.3 Å². The van der Waals surface area contributed by atoms with E-state index in [9.17, 15) is 14.9 Å². The Labute approximate surface area is 230 Å². The molecule has 2 saturated carbocycles. The molecule has 3 aliphatic rings. The molecule has 0 spiro atoms. The van der Waals surface area contributed by atoms with Crippen LogP contribution >= 0.6 is 11.8 Å². The Bertz CT molecular complexity index is 1550. The molecule has 39 heavy (non-hydrogen) atoms. The zero-order chi connectivity index (χ0) is 27.4. The Kier molecular flexibility index (Phi) is 6.06. The Morgan fingerprint density at radius 2 is 1.79 bits per heavy atom. The molecule has 8 nitrogen and oxygen atoms in total. The third kappa shape index (κ3) is 4.21. The van der Waals surface area contributed by atoms with Crippen LogP contribution in [0.4, 0.5) is 11.4 Å². The number of rotatable bonds is 5. The summed E-state index contributed by atoms with van der Waals surface area (Å²) >= 11 is 1.27. The normalized spacial score (nSPS) is 26.8. The smallest absolute Gasteiger partial charge is 0.271 e. The van der Waals surface area contributed by atoms with Crippen molar-refractivity contribution >= 4 is 46.0 Å². The summed E-state index contributed by atoms with van der Waals surface area (Å²) in [6, 6.07) is 19.2. The van der Waals surface area contributed by atoms with Crippen LogP contribution in [0.25, 0.3) is 17.4 Å². The lowest BCUT2D eigenvalue weighted by Gasteiger charge is -2.34. The highest BCUT2D eigenvalue weighted by atomic mass is 32.2. The third-order valence-corrected chi connectivity index (χ3v) is 9.81. The number of benzene rings is 2. The molecule has 3 fully saturated rings. The zero-order valence-corrected chi connectivity index (χ0v) is 22.8. The number of nitro groups is 1. The SMILES string of the molecule is CC12CCC(CC1=NN=C1SC(=Cc3ccc(-c4ccc([N+](=O)[O-])cc4)o3)C(=O)N1c1ccccc1)C2(C)C. The molecule has 6 rings (SSSR count). The van der Waals surface area contributed by atoms with Crippen LogP contribution in [0.2, 0.25) is 0 Å². The van der Waals surface area contributed by atoms with Crippen molar-refractivity contribution in [3.8, 4) is 11.3 Å². The number of anilines is 1. The van der Waals surface area contributed by atoms with Crippen molar-refractivity contribution in [2.24, 2.45) is 27.0 Å². The monoisotopic (exact) mass is 540 g/mol. The van der Waals surface area contributed by atoms with E-state index >= 15 is 0 Å². The van der Waals surface area contributed by atoms with Crippen molar-refractivity contribution in [1.29, 1.82) is 0 Å². The minimum Gasteiger partial charge on any atom is -0.457 e. The molecular formula is C30H28N4O4S. The average molecular weight is 541 g/mol. The van der Waals surface area contributed by atoms with Crippen molar-refractivity contribution in [3.05, 3.63) is 87.5 Å². The number of amides is 1. The Balaban J connectivity index is 1.31. The number of hydrogen-bond acceptors (Lipinski definition) is 7. The van der Waals surface area contributed by atoms with Gasteiger partial charge in [-0.15, -0.1) is 5.10 Å². The van der Waals surface area contributed by atoms with E-state index < -0.39 is 4.92 Å². The topological polar surface area (TPSA) is 101 Å². The maximum Gasteiger partial charge on any atom is 0.271 e. The van der Waals surface area contributed by atoms with E-state index in [-0.39, 0.29) is 22.4 Å². The first-order valence-electron chi connectivity index (χ1n) is 13.0. The van der Waals surface area contributed by atoms with Crippen LogP contribution in [0, 0.1) is 26.9 Å². The second-order valence-corrected chi connectivity index (χ2v) is 12.0. The summed E-state index contributed by atoms with van der Waals surface area (Å²) in [4.78, 5) is 26.2. The molecule has 0 radical (unpaired) electrons. The molecule has 2 heterocycles. The number of amidine groups is 1. The van der Waals surface area contributed by atoms with Gasteiger partial charge >= 0.3 is 0 Å². The molecule has 1 aromatic heterocycles. The van der Waals surface area contributed by atoms with Crippen molar-refractivity contribution in [1.82, 2.24) is 0 Å². The summed E-state index contributed by atoms with van der Waals surface area (Å²) in [5.74, 6) is 1.48. The number of nitrogens with zero attached hydrogens (tertiary/aromatic N) is 4. The maximum atomic E-state index is 13.6. The van der Waals surface area contributed by atoms with Gasteiger partial charge in [-0.05, 0) is 78.8 Å². The molecule has 2 bridgehead atoms.